The maximum absolute atomic E-state index is 14.0. The van der Waals surface area contributed by atoms with Crippen LogP contribution in [-0.4, -0.2) is 28.7 Å². The van der Waals surface area contributed by atoms with E-state index >= 15 is 0 Å². The van der Waals surface area contributed by atoms with E-state index in [0.29, 0.717) is 5.13 Å². The van der Waals surface area contributed by atoms with Gasteiger partial charge in [-0.2, -0.15) is 0 Å². The summed E-state index contributed by atoms with van der Waals surface area (Å²) in [5.41, 5.74) is 0.965. The van der Waals surface area contributed by atoms with Gasteiger partial charge < -0.3 is 5.32 Å². The van der Waals surface area contributed by atoms with Gasteiger partial charge >= 0.3 is 6.03 Å². The van der Waals surface area contributed by atoms with Crippen LogP contribution >= 0.6 is 11.3 Å². The topological polar surface area (TPSA) is 66.9 Å². The number of halogens is 1. The third kappa shape index (κ3) is 3.68. The minimum atomic E-state index is -1.12. The minimum absolute atomic E-state index is 0.198. The summed E-state index contributed by atoms with van der Waals surface area (Å²) in [5, 5.41) is 7.73. The molecule has 24 heavy (non-hydrogen) atoms. The second-order valence-corrected chi connectivity index (χ2v) is 6.59. The van der Waals surface area contributed by atoms with E-state index in [4.69, 9.17) is 0 Å². The molecule has 124 valence electrons. The Bertz CT molecular complexity index is 774. The molecule has 2 aromatic heterocycles. The lowest BCUT2D eigenvalue weighted by Gasteiger charge is -2.30. The highest BCUT2D eigenvalue weighted by Crippen LogP contribution is 2.29. The van der Waals surface area contributed by atoms with Crippen molar-refractivity contribution in [3.8, 4) is 11.3 Å². The molecule has 1 aliphatic carbocycles. The number of carbonyl (C=O) groups is 1. The van der Waals surface area contributed by atoms with Gasteiger partial charge in [0.15, 0.2) is 5.13 Å². The van der Waals surface area contributed by atoms with Crippen LogP contribution in [0.1, 0.15) is 6.92 Å². The summed E-state index contributed by atoms with van der Waals surface area (Å²) in [5.74, 6) is 0. The van der Waals surface area contributed by atoms with Gasteiger partial charge in [-0.15, -0.1) is 11.3 Å². The quantitative estimate of drug-likeness (QED) is 0.886. The number of alkyl halides is 1. The van der Waals surface area contributed by atoms with Crippen molar-refractivity contribution in [3.63, 3.8) is 0 Å². The fourth-order valence-electron chi connectivity index (χ4n) is 2.30. The van der Waals surface area contributed by atoms with E-state index in [1.54, 1.807) is 37.5 Å². The number of hydrogen-bond acceptors (Lipinski definition) is 4. The summed E-state index contributed by atoms with van der Waals surface area (Å²) in [6.45, 7) is 1.96. The zero-order valence-electron chi connectivity index (χ0n) is 13.1. The van der Waals surface area contributed by atoms with Gasteiger partial charge in [0.25, 0.3) is 0 Å². The van der Waals surface area contributed by atoms with E-state index < -0.39 is 17.6 Å². The zero-order valence-corrected chi connectivity index (χ0v) is 13.9. The smallest absolute Gasteiger partial charge is 0.321 e. The molecular formula is C17H17FN4OS. The standard InChI is InChI=1S/C17H17FN4OS/c1-17(7-3-2-4-14(17)18)11-20-15(23)22-16-21-13(10-24-16)12-5-8-19-9-6-12/h2-10,14H,11H2,1H3,(H2,20,21,22,23). The highest BCUT2D eigenvalue weighted by atomic mass is 32.1. The molecule has 2 amide bonds. The van der Waals surface area contributed by atoms with E-state index in [2.05, 4.69) is 20.6 Å². The lowest BCUT2D eigenvalue weighted by molar-refractivity contribution is 0.208. The Labute approximate surface area is 143 Å². The van der Waals surface area contributed by atoms with Crippen molar-refractivity contribution in [1.29, 1.82) is 0 Å². The molecule has 0 spiro atoms. The van der Waals surface area contributed by atoms with E-state index in [0.717, 1.165) is 11.3 Å². The first-order chi connectivity index (χ1) is 11.6. The van der Waals surface area contributed by atoms with E-state index in [1.807, 2.05) is 17.5 Å². The molecule has 2 N–H and O–H groups in total. The normalized spacial score (nSPS) is 22.3. The number of thiazole rings is 1. The van der Waals surface area contributed by atoms with Crippen LogP contribution in [0.3, 0.4) is 0 Å². The number of nitrogens with zero attached hydrogens (tertiary/aromatic N) is 2. The lowest BCUT2D eigenvalue weighted by Crippen LogP contribution is -2.42. The summed E-state index contributed by atoms with van der Waals surface area (Å²) in [4.78, 5) is 20.3. The molecule has 2 atom stereocenters. The van der Waals surface area contributed by atoms with Crippen LogP contribution in [0.5, 0.6) is 0 Å². The van der Waals surface area contributed by atoms with E-state index in [-0.39, 0.29) is 6.54 Å². The van der Waals surface area contributed by atoms with E-state index in [1.165, 1.54) is 17.4 Å². The van der Waals surface area contributed by atoms with Crippen molar-refractivity contribution in [2.45, 2.75) is 13.1 Å². The molecule has 3 rings (SSSR count). The number of aromatic nitrogens is 2. The molecule has 5 nitrogen and oxygen atoms in total. The molecule has 0 saturated carbocycles. The van der Waals surface area contributed by atoms with Gasteiger partial charge in [-0.1, -0.05) is 25.2 Å². The van der Waals surface area contributed by atoms with Crippen LogP contribution in [0.15, 0.2) is 54.2 Å². The number of carbonyl (C=O) groups excluding carboxylic acids is 1. The Hall–Kier alpha value is -2.54. The number of amides is 2. The molecule has 0 fully saturated rings. The summed E-state index contributed by atoms with van der Waals surface area (Å²) >= 11 is 1.33. The summed E-state index contributed by atoms with van der Waals surface area (Å²) < 4.78 is 14.0. The second kappa shape index (κ2) is 6.92. The Morgan fingerprint density at radius 1 is 1.38 bits per heavy atom. The van der Waals surface area contributed by atoms with Crippen LogP contribution < -0.4 is 10.6 Å². The van der Waals surface area contributed by atoms with Crippen molar-refractivity contribution < 1.29 is 9.18 Å². The first-order valence-electron chi connectivity index (χ1n) is 7.48. The fraction of sp³-hybridized carbons (Fsp3) is 0.235. The molecule has 0 aromatic carbocycles. The monoisotopic (exact) mass is 344 g/mol. The zero-order chi connectivity index (χ0) is 17.0. The number of allylic oxidation sites excluding steroid dienone is 3. The number of hydrogen-bond donors (Lipinski definition) is 2. The molecule has 2 aromatic rings. The van der Waals surface area contributed by atoms with Gasteiger partial charge in [0.1, 0.15) is 6.17 Å². The fourth-order valence-corrected chi connectivity index (χ4v) is 3.02. The highest BCUT2D eigenvalue weighted by Gasteiger charge is 2.32. The third-order valence-corrected chi connectivity index (χ3v) is 4.59. The average Bonchev–Trinajstić information content (AvgIpc) is 3.05. The molecule has 0 radical (unpaired) electrons. The first-order valence-corrected chi connectivity index (χ1v) is 8.36. The molecule has 1 aliphatic rings. The molecule has 2 heterocycles. The summed E-state index contributed by atoms with van der Waals surface area (Å²) in [6.07, 6.45) is 8.97. The molecule has 0 aliphatic heterocycles. The first kappa shape index (κ1) is 16.3. The third-order valence-electron chi connectivity index (χ3n) is 3.83. The number of nitrogens with one attached hydrogen (secondary N) is 2. The van der Waals surface area contributed by atoms with Crippen LogP contribution in [-0.2, 0) is 0 Å². The van der Waals surface area contributed by atoms with Gasteiger partial charge in [0.05, 0.1) is 5.69 Å². The molecule has 2 unspecified atom stereocenters. The van der Waals surface area contributed by atoms with Gasteiger partial charge in [-0.25, -0.2) is 14.2 Å². The highest BCUT2D eigenvalue weighted by molar-refractivity contribution is 7.14. The Balaban J connectivity index is 1.57. The minimum Gasteiger partial charge on any atom is -0.337 e. The van der Waals surface area contributed by atoms with Crippen LogP contribution in [0, 0.1) is 5.41 Å². The second-order valence-electron chi connectivity index (χ2n) is 5.73. The Kier molecular flexibility index (Phi) is 4.71. The van der Waals surface area contributed by atoms with Gasteiger partial charge in [0.2, 0.25) is 0 Å². The van der Waals surface area contributed by atoms with Crippen LogP contribution in [0.2, 0.25) is 0 Å². The van der Waals surface area contributed by atoms with Gasteiger partial charge in [-0.05, 0) is 18.2 Å². The van der Waals surface area contributed by atoms with Crippen molar-refractivity contribution >= 4 is 22.5 Å². The number of urea groups is 1. The average molecular weight is 344 g/mol. The van der Waals surface area contributed by atoms with Crippen molar-refractivity contribution in [2.24, 2.45) is 5.41 Å². The maximum atomic E-state index is 14.0. The van der Waals surface area contributed by atoms with Gasteiger partial charge in [-0.3, -0.25) is 10.3 Å². The Morgan fingerprint density at radius 2 is 2.17 bits per heavy atom. The van der Waals surface area contributed by atoms with Crippen molar-refractivity contribution in [3.05, 3.63) is 54.2 Å². The number of anilines is 1. The summed E-state index contributed by atoms with van der Waals surface area (Å²) in [6, 6.07) is 3.30. The van der Waals surface area contributed by atoms with Crippen molar-refractivity contribution in [1.82, 2.24) is 15.3 Å². The van der Waals surface area contributed by atoms with E-state index in [9.17, 15) is 9.18 Å². The van der Waals surface area contributed by atoms with Crippen LogP contribution in [0.4, 0.5) is 14.3 Å². The largest absolute Gasteiger partial charge is 0.337 e. The maximum Gasteiger partial charge on any atom is 0.321 e. The molecular weight excluding hydrogens is 327 g/mol. The predicted octanol–water partition coefficient (Wildman–Crippen LogP) is 3.80. The predicted molar refractivity (Wildman–Crippen MR) is 93.6 cm³/mol. The van der Waals surface area contributed by atoms with Crippen molar-refractivity contribution in [2.75, 3.05) is 11.9 Å². The van der Waals surface area contributed by atoms with Gasteiger partial charge in [0, 0.05) is 35.3 Å². The SMILES string of the molecule is CC1(CNC(=O)Nc2nc(-c3ccncc3)cs2)C=CC=CC1F. The Morgan fingerprint density at radius 3 is 2.92 bits per heavy atom. The van der Waals surface area contributed by atoms with Crippen LogP contribution in [0.25, 0.3) is 11.3 Å². The number of pyridine rings is 1. The molecule has 0 saturated heterocycles. The number of rotatable bonds is 4. The lowest BCUT2D eigenvalue weighted by atomic mass is 9.82. The molecule has 7 heteroatoms. The summed E-state index contributed by atoms with van der Waals surface area (Å²) in [7, 11) is 0. The molecule has 0 bridgehead atoms.